The van der Waals surface area contributed by atoms with Crippen LogP contribution in [0.15, 0.2) is 59.4 Å². The summed E-state index contributed by atoms with van der Waals surface area (Å²) in [5, 5.41) is 0.447. The number of thiophene rings is 1. The van der Waals surface area contributed by atoms with Crippen LogP contribution >= 0.6 is 11.3 Å². The van der Waals surface area contributed by atoms with E-state index in [1.807, 2.05) is 12.1 Å². The van der Waals surface area contributed by atoms with Gasteiger partial charge in [0.2, 0.25) is 0 Å². The maximum atomic E-state index is 13.0. The van der Waals surface area contributed by atoms with E-state index in [1.54, 1.807) is 37.4 Å². The van der Waals surface area contributed by atoms with E-state index >= 15 is 0 Å². The minimum Gasteiger partial charge on any atom is -0.497 e. The van der Waals surface area contributed by atoms with Gasteiger partial charge in [-0.25, -0.2) is 0 Å². The fourth-order valence-electron chi connectivity index (χ4n) is 4.29. The zero-order chi connectivity index (χ0) is 24.0. The van der Waals surface area contributed by atoms with Crippen molar-refractivity contribution < 1.29 is 27.4 Å². The van der Waals surface area contributed by atoms with Crippen molar-refractivity contribution in [2.24, 2.45) is 0 Å². The molecule has 4 aromatic rings. The lowest BCUT2D eigenvalue weighted by Crippen LogP contribution is -2.27. The van der Waals surface area contributed by atoms with Gasteiger partial charge in [-0.05, 0) is 60.5 Å². The average molecular weight is 485 g/mol. The van der Waals surface area contributed by atoms with E-state index in [4.69, 9.17) is 4.74 Å². The monoisotopic (exact) mass is 485 g/mol. The Morgan fingerprint density at radius 1 is 0.971 bits per heavy atom. The van der Waals surface area contributed by atoms with E-state index in [-0.39, 0.29) is 34.9 Å². The zero-order valence-corrected chi connectivity index (χ0v) is 18.7. The predicted molar refractivity (Wildman–Crippen MR) is 123 cm³/mol. The number of hydrogen-bond acceptors (Lipinski definition) is 5. The van der Waals surface area contributed by atoms with Gasteiger partial charge in [0.15, 0.2) is 11.2 Å². The highest BCUT2D eigenvalue weighted by atomic mass is 32.1. The highest BCUT2D eigenvalue weighted by Crippen LogP contribution is 2.39. The molecule has 0 saturated heterocycles. The maximum absolute atomic E-state index is 13.0. The maximum Gasteiger partial charge on any atom is 0.573 e. The summed E-state index contributed by atoms with van der Waals surface area (Å²) in [5.41, 5.74) is 1.91. The molecule has 2 aromatic carbocycles. The Kier molecular flexibility index (Phi) is 5.44. The third-order valence-electron chi connectivity index (χ3n) is 5.85. The van der Waals surface area contributed by atoms with E-state index in [0.29, 0.717) is 28.8 Å². The molecular formula is C25H18F3NO4S. The van der Waals surface area contributed by atoms with Crippen molar-refractivity contribution in [1.82, 2.24) is 4.98 Å². The number of hydrogen-bond donors (Lipinski definition) is 1. The summed E-state index contributed by atoms with van der Waals surface area (Å²) in [7, 11) is 1.54. The van der Waals surface area contributed by atoms with Crippen LogP contribution in [0.25, 0.3) is 21.3 Å². The van der Waals surface area contributed by atoms with Gasteiger partial charge < -0.3 is 14.5 Å². The fraction of sp³-hybridized carbons (Fsp3) is 0.200. The third kappa shape index (κ3) is 4.19. The second-order valence-electron chi connectivity index (χ2n) is 8.02. The summed E-state index contributed by atoms with van der Waals surface area (Å²) in [5.74, 6) is 0.0192. The highest BCUT2D eigenvalue weighted by Gasteiger charge is 2.32. The standard InChI is InChI=1S/C25H18F3NO4S/c1-32-16-6-7-17-18(12-16)29-19-10-14(11-20(30)23(19)24(17)31)22-9-8-21(34-22)13-2-4-15(5-3-13)33-25(26,27)28/h2-9,12,14H,10-11H2,1H3,(H,29,31). The molecule has 0 saturated carbocycles. The Bertz CT molecular complexity index is 1450. The number of aromatic nitrogens is 1. The molecule has 0 fully saturated rings. The Hall–Kier alpha value is -3.59. The number of halogens is 3. The van der Waals surface area contributed by atoms with Gasteiger partial charge >= 0.3 is 6.36 Å². The highest BCUT2D eigenvalue weighted by molar-refractivity contribution is 7.15. The molecule has 0 aliphatic heterocycles. The summed E-state index contributed by atoms with van der Waals surface area (Å²) in [6, 6.07) is 14.6. The number of carbonyl (C=O) groups is 1. The number of H-pyrrole nitrogens is 1. The number of alkyl halides is 3. The Labute approximate surface area is 195 Å². The van der Waals surface area contributed by atoms with E-state index in [1.165, 1.54) is 23.5 Å². The number of ketones is 1. The summed E-state index contributed by atoms with van der Waals surface area (Å²) in [6.07, 6.45) is -4.02. The number of nitrogens with one attached hydrogen (secondary N) is 1. The SMILES string of the molecule is COc1ccc2c(=O)c3c([nH]c2c1)CC(c1ccc(-c2ccc(OC(F)(F)F)cc2)s1)CC3=O. The minimum absolute atomic E-state index is 0.106. The number of methoxy groups -OCH3 is 1. The smallest absolute Gasteiger partial charge is 0.497 e. The first kappa shape index (κ1) is 22.2. The van der Waals surface area contributed by atoms with Gasteiger partial charge in [0.05, 0.1) is 18.2 Å². The molecule has 0 radical (unpaired) electrons. The molecule has 1 aliphatic rings. The van der Waals surface area contributed by atoms with Gasteiger partial charge in [-0.3, -0.25) is 9.59 Å². The van der Waals surface area contributed by atoms with Gasteiger partial charge in [-0.2, -0.15) is 0 Å². The first-order chi connectivity index (χ1) is 16.2. The van der Waals surface area contributed by atoms with Crippen LogP contribution in [0, 0.1) is 0 Å². The lowest BCUT2D eigenvalue weighted by molar-refractivity contribution is -0.274. The quantitative estimate of drug-likeness (QED) is 0.381. The predicted octanol–water partition coefficient (Wildman–Crippen LogP) is 6.08. The number of fused-ring (bicyclic) bond motifs is 2. The van der Waals surface area contributed by atoms with Crippen LogP contribution in [0.4, 0.5) is 13.2 Å². The van der Waals surface area contributed by atoms with Crippen LogP contribution in [-0.2, 0) is 6.42 Å². The summed E-state index contributed by atoms with van der Waals surface area (Å²) < 4.78 is 46.3. The Balaban J connectivity index is 1.43. The van der Waals surface area contributed by atoms with Gasteiger partial charge in [-0.15, -0.1) is 24.5 Å². The van der Waals surface area contributed by atoms with Gasteiger partial charge in [0.25, 0.3) is 0 Å². The van der Waals surface area contributed by atoms with E-state index in [9.17, 15) is 22.8 Å². The molecule has 2 aromatic heterocycles. The summed E-state index contributed by atoms with van der Waals surface area (Å²) in [6.45, 7) is 0. The largest absolute Gasteiger partial charge is 0.573 e. The van der Waals surface area contributed by atoms with Crippen molar-refractivity contribution in [2.75, 3.05) is 7.11 Å². The van der Waals surface area contributed by atoms with Crippen molar-refractivity contribution in [3.05, 3.63) is 81.0 Å². The Morgan fingerprint density at radius 2 is 1.71 bits per heavy atom. The van der Waals surface area contributed by atoms with Crippen LogP contribution in [0.3, 0.4) is 0 Å². The van der Waals surface area contributed by atoms with E-state index in [2.05, 4.69) is 9.72 Å². The van der Waals surface area contributed by atoms with Gasteiger partial charge in [0, 0.05) is 39.2 Å². The first-order valence-electron chi connectivity index (χ1n) is 10.4. The number of carbonyl (C=O) groups excluding carboxylic acids is 1. The molecule has 1 atom stereocenters. The molecule has 174 valence electrons. The number of benzene rings is 2. The minimum atomic E-state index is -4.74. The molecule has 0 spiro atoms. The molecular weight excluding hydrogens is 467 g/mol. The molecule has 1 unspecified atom stereocenters. The fourth-order valence-corrected chi connectivity index (χ4v) is 5.40. The molecule has 5 nitrogen and oxygen atoms in total. The van der Waals surface area contributed by atoms with E-state index < -0.39 is 6.36 Å². The van der Waals surface area contributed by atoms with Crippen LogP contribution in [0.2, 0.25) is 0 Å². The molecule has 2 heterocycles. The molecule has 0 bridgehead atoms. The second-order valence-corrected chi connectivity index (χ2v) is 9.14. The molecule has 5 rings (SSSR count). The zero-order valence-electron chi connectivity index (χ0n) is 17.9. The normalized spacial score (nSPS) is 15.9. The van der Waals surface area contributed by atoms with Crippen LogP contribution in [-0.4, -0.2) is 24.2 Å². The summed E-state index contributed by atoms with van der Waals surface area (Å²) in [4.78, 5) is 31.0. The van der Waals surface area contributed by atoms with Crippen molar-refractivity contribution >= 4 is 28.0 Å². The lowest BCUT2D eigenvalue weighted by Gasteiger charge is -2.23. The molecule has 34 heavy (non-hydrogen) atoms. The van der Waals surface area contributed by atoms with E-state index in [0.717, 1.165) is 15.3 Å². The van der Waals surface area contributed by atoms with Crippen LogP contribution in [0.1, 0.15) is 33.3 Å². The third-order valence-corrected chi connectivity index (χ3v) is 7.15. The van der Waals surface area contributed by atoms with Crippen molar-refractivity contribution in [1.29, 1.82) is 0 Å². The van der Waals surface area contributed by atoms with Crippen molar-refractivity contribution in [3.8, 4) is 21.9 Å². The van der Waals surface area contributed by atoms with Crippen LogP contribution in [0.5, 0.6) is 11.5 Å². The van der Waals surface area contributed by atoms with Gasteiger partial charge in [0.1, 0.15) is 11.5 Å². The number of Topliss-reactive ketones (excluding diaryl/α,β-unsaturated/α-hetero) is 1. The Morgan fingerprint density at radius 3 is 2.41 bits per heavy atom. The number of rotatable bonds is 4. The first-order valence-corrected chi connectivity index (χ1v) is 11.3. The van der Waals surface area contributed by atoms with Crippen molar-refractivity contribution in [2.45, 2.75) is 25.1 Å². The van der Waals surface area contributed by atoms with Gasteiger partial charge in [-0.1, -0.05) is 0 Å². The van der Waals surface area contributed by atoms with Crippen molar-refractivity contribution in [3.63, 3.8) is 0 Å². The number of pyridine rings is 1. The molecule has 1 aliphatic carbocycles. The lowest BCUT2D eigenvalue weighted by atomic mass is 9.84. The topological polar surface area (TPSA) is 68.4 Å². The average Bonchev–Trinajstić information content (AvgIpc) is 3.28. The number of aromatic amines is 1. The molecule has 0 amide bonds. The van der Waals surface area contributed by atoms with Crippen LogP contribution < -0.4 is 14.9 Å². The second kappa shape index (κ2) is 8.32. The summed E-state index contributed by atoms with van der Waals surface area (Å²) >= 11 is 1.47. The number of ether oxygens (including phenoxy) is 2. The molecule has 1 N–H and O–H groups in total. The molecule has 9 heteroatoms.